The average Bonchev–Trinajstić information content (AvgIpc) is 2.60. The van der Waals surface area contributed by atoms with E-state index in [2.05, 4.69) is 10.2 Å². The maximum atomic E-state index is 12.8. The molecule has 0 N–H and O–H groups in total. The van der Waals surface area contributed by atoms with Gasteiger partial charge in [-0.05, 0) is 12.1 Å². The minimum atomic E-state index is -1.52. The van der Waals surface area contributed by atoms with Crippen molar-refractivity contribution in [3.8, 4) is 11.5 Å². The van der Waals surface area contributed by atoms with Gasteiger partial charge < -0.3 is 4.42 Å². The highest BCUT2D eigenvalue weighted by atomic mass is 127. The monoisotopic (exact) mass is 326 g/mol. The number of rotatable bonds is 1. The third-order valence-corrected chi connectivity index (χ3v) is 2.07. The highest BCUT2D eigenvalue weighted by molar-refractivity contribution is 14.1. The first-order chi connectivity index (χ1) is 7.08. The van der Waals surface area contributed by atoms with Gasteiger partial charge in [0.2, 0.25) is 5.89 Å². The zero-order valence-corrected chi connectivity index (χ0v) is 9.13. The summed E-state index contributed by atoms with van der Waals surface area (Å²) in [5.41, 5.74) is 0.00168. The van der Waals surface area contributed by atoms with Crippen LogP contribution in [0.3, 0.4) is 0 Å². The SMILES string of the molecule is Fc1cc(-c2nnc(I)o2)cc(F)c1F. The molecule has 1 aromatic heterocycles. The van der Waals surface area contributed by atoms with Gasteiger partial charge in [0.15, 0.2) is 17.5 Å². The van der Waals surface area contributed by atoms with Crippen molar-refractivity contribution in [2.75, 3.05) is 0 Å². The zero-order chi connectivity index (χ0) is 11.0. The molecule has 0 radical (unpaired) electrons. The number of halogens is 4. The molecule has 0 saturated carbocycles. The lowest BCUT2D eigenvalue weighted by atomic mass is 10.2. The Morgan fingerprint density at radius 1 is 1.07 bits per heavy atom. The molecule has 1 aromatic carbocycles. The van der Waals surface area contributed by atoms with Crippen molar-refractivity contribution in [2.24, 2.45) is 0 Å². The summed E-state index contributed by atoms with van der Waals surface area (Å²) in [5, 5.41) is 7.02. The van der Waals surface area contributed by atoms with Crippen LogP contribution < -0.4 is 0 Å². The van der Waals surface area contributed by atoms with Crippen LogP contribution >= 0.6 is 22.6 Å². The Morgan fingerprint density at radius 2 is 1.67 bits per heavy atom. The summed E-state index contributed by atoms with van der Waals surface area (Å²) >= 11 is 1.75. The van der Waals surface area contributed by atoms with E-state index < -0.39 is 17.5 Å². The minimum absolute atomic E-state index is 0.00168. The van der Waals surface area contributed by atoms with Crippen LogP contribution in [0.5, 0.6) is 0 Å². The van der Waals surface area contributed by atoms with Crippen molar-refractivity contribution >= 4 is 22.6 Å². The fraction of sp³-hybridized carbons (Fsp3) is 0. The van der Waals surface area contributed by atoms with E-state index in [1.54, 1.807) is 22.6 Å². The fourth-order valence-corrected chi connectivity index (χ4v) is 1.32. The standard InChI is InChI=1S/C8H2F3IN2O/c9-4-1-3(2-5(10)6(4)11)7-13-14-8(12)15-7/h1-2H. The quantitative estimate of drug-likeness (QED) is 0.598. The molecule has 0 saturated heterocycles. The molecular formula is C8H2F3IN2O. The number of aromatic nitrogens is 2. The van der Waals surface area contributed by atoms with Crippen LogP contribution in [0.15, 0.2) is 16.5 Å². The third-order valence-electron chi connectivity index (χ3n) is 1.63. The molecule has 0 aliphatic heterocycles. The predicted molar refractivity (Wildman–Crippen MR) is 52.3 cm³/mol. The van der Waals surface area contributed by atoms with Crippen molar-refractivity contribution < 1.29 is 17.6 Å². The molecule has 0 atom stereocenters. The summed E-state index contributed by atoms with van der Waals surface area (Å²) in [6.45, 7) is 0. The Bertz CT molecular complexity index is 491. The van der Waals surface area contributed by atoms with Gasteiger partial charge in [0.1, 0.15) is 0 Å². The van der Waals surface area contributed by atoms with Gasteiger partial charge >= 0.3 is 0 Å². The maximum Gasteiger partial charge on any atom is 0.278 e. The van der Waals surface area contributed by atoms with Gasteiger partial charge in [0.25, 0.3) is 3.90 Å². The maximum absolute atomic E-state index is 12.8. The first kappa shape index (κ1) is 10.4. The van der Waals surface area contributed by atoms with Crippen molar-refractivity contribution in [3.05, 3.63) is 33.5 Å². The van der Waals surface area contributed by atoms with Crippen LogP contribution in [-0.2, 0) is 0 Å². The highest BCUT2D eigenvalue weighted by Gasteiger charge is 2.14. The summed E-state index contributed by atoms with van der Waals surface area (Å²) < 4.78 is 43.4. The average molecular weight is 326 g/mol. The molecule has 0 bridgehead atoms. The van der Waals surface area contributed by atoms with Gasteiger partial charge in [-0.2, -0.15) is 0 Å². The summed E-state index contributed by atoms with van der Waals surface area (Å²) in [6, 6.07) is 1.59. The van der Waals surface area contributed by atoms with Crippen molar-refractivity contribution in [1.29, 1.82) is 0 Å². The summed E-state index contributed by atoms with van der Waals surface area (Å²) in [4.78, 5) is 0. The lowest BCUT2D eigenvalue weighted by molar-refractivity contribution is 0.446. The molecule has 3 nitrogen and oxygen atoms in total. The van der Waals surface area contributed by atoms with Gasteiger partial charge in [-0.1, -0.05) is 0 Å². The van der Waals surface area contributed by atoms with Crippen LogP contribution in [0.25, 0.3) is 11.5 Å². The Labute approximate surface area is 95.4 Å². The first-order valence-corrected chi connectivity index (χ1v) is 4.79. The van der Waals surface area contributed by atoms with Crippen LogP contribution in [0, 0.1) is 21.3 Å². The van der Waals surface area contributed by atoms with E-state index in [0.717, 1.165) is 12.1 Å². The Hall–Kier alpha value is -1.12. The lowest BCUT2D eigenvalue weighted by Crippen LogP contribution is -1.91. The third kappa shape index (κ3) is 1.96. The Kier molecular flexibility index (Phi) is 2.63. The second-order valence-corrected chi connectivity index (χ2v) is 3.54. The second kappa shape index (κ2) is 3.80. The molecule has 0 fully saturated rings. The molecule has 78 valence electrons. The molecule has 0 unspecified atom stereocenters. The van der Waals surface area contributed by atoms with E-state index in [9.17, 15) is 13.2 Å². The molecule has 0 aliphatic carbocycles. The van der Waals surface area contributed by atoms with Crippen molar-refractivity contribution in [2.45, 2.75) is 0 Å². The van der Waals surface area contributed by atoms with E-state index in [1.165, 1.54) is 0 Å². The van der Waals surface area contributed by atoms with Crippen molar-refractivity contribution in [1.82, 2.24) is 10.2 Å². The summed E-state index contributed by atoms with van der Waals surface area (Å²) in [5.74, 6) is -4.17. The largest absolute Gasteiger partial charge is 0.412 e. The molecule has 0 amide bonds. The van der Waals surface area contributed by atoms with E-state index in [4.69, 9.17) is 4.42 Å². The Morgan fingerprint density at radius 3 is 2.13 bits per heavy atom. The molecule has 1 heterocycles. The van der Waals surface area contributed by atoms with E-state index in [1.807, 2.05) is 0 Å². The molecule has 7 heteroatoms. The zero-order valence-electron chi connectivity index (χ0n) is 6.97. The van der Waals surface area contributed by atoms with Gasteiger partial charge in [0, 0.05) is 28.2 Å². The molecule has 2 rings (SSSR count). The second-order valence-electron chi connectivity index (χ2n) is 2.61. The smallest absolute Gasteiger partial charge is 0.278 e. The van der Waals surface area contributed by atoms with Crippen LogP contribution in [-0.4, -0.2) is 10.2 Å². The summed E-state index contributed by atoms with van der Waals surface area (Å²) in [6.07, 6.45) is 0. The van der Waals surface area contributed by atoms with E-state index in [-0.39, 0.29) is 15.4 Å². The van der Waals surface area contributed by atoms with Gasteiger partial charge in [0.05, 0.1) is 0 Å². The first-order valence-electron chi connectivity index (χ1n) is 3.72. The number of benzene rings is 1. The molecule has 0 aliphatic rings. The molecule has 2 aromatic rings. The number of hydrogen-bond acceptors (Lipinski definition) is 3. The number of nitrogens with zero attached hydrogens (tertiary/aromatic N) is 2. The summed E-state index contributed by atoms with van der Waals surface area (Å²) in [7, 11) is 0. The topological polar surface area (TPSA) is 38.9 Å². The van der Waals surface area contributed by atoms with Gasteiger partial charge in [-0.25, -0.2) is 13.2 Å². The Balaban J connectivity index is 2.55. The van der Waals surface area contributed by atoms with Gasteiger partial charge in [-0.3, -0.25) is 0 Å². The predicted octanol–water partition coefficient (Wildman–Crippen LogP) is 2.76. The normalized spacial score (nSPS) is 10.7. The van der Waals surface area contributed by atoms with Crippen molar-refractivity contribution in [3.63, 3.8) is 0 Å². The van der Waals surface area contributed by atoms with Crippen LogP contribution in [0.2, 0.25) is 0 Å². The van der Waals surface area contributed by atoms with Crippen LogP contribution in [0.1, 0.15) is 0 Å². The van der Waals surface area contributed by atoms with Crippen LogP contribution in [0.4, 0.5) is 13.2 Å². The lowest BCUT2D eigenvalue weighted by Gasteiger charge is -1.97. The van der Waals surface area contributed by atoms with E-state index >= 15 is 0 Å². The molecular weight excluding hydrogens is 324 g/mol. The highest BCUT2D eigenvalue weighted by Crippen LogP contribution is 2.22. The van der Waals surface area contributed by atoms with Gasteiger partial charge in [-0.15, -0.1) is 10.2 Å². The minimum Gasteiger partial charge on any atom is -0.412 e. The molecule has 0 spiro atoms. The number of hydrogen-bond donors (Lipinski definition) is 0. The van der Waals surface area contributed by atoms with E-state index in [0.29, 0.717) is 0 Å². The molecule has 15 heavy (non-hydrogen) atoms. The fourth-order valence-electron chi connectivity index (χ4n) is 1.00.